The molecule has 1 unspecified atom stereocenters. The zero-order valence-corrected chi connectivity index (χ0v) is 10.9. The third kappa shape index (κ3) is 2.97. The van der Waals surface area contributed by atoms with E-state index in [1.165, 1.54) is 5.56 Å². The van der Waals surface area contributed by atoms with E-state index in [2.05, 4.69) is 53.5 Å². The van der Waals surface area contributed by atoms with Crippen LogP contribution in [0.2, 0.25) is 0 Å². The number of aromatic nitrogens is 2. The van der Waals surface area contributed by atoms with E-state index >= 15 is 0 Å². The minimum atomic E-state index is -0.0906. The molecule has 0 aliphatic heterocycles. The summed E-state index contributed by atoms with van der Waals surface area (Å²) in [7, 11) is 0. The highest BCUT2D eigenvalue weighted by molar-refractivity contribution is 5.29. The summed E-state index contributed by atoms with van der Waals surface area (Å²) in [5.41, 5.74) is 5.27. The van der Waals surface area contributed by atoms with Crippen LogP contribution in [0.15, 0.2) is 36.7 Å². The predicted molar refractivity (Wildman–Crippen MR) is 72.7 cm³/mol. The molecule has 2 rings (SSSR count). The molecule has 4 heteroatoms. The van der Waals surface area contributed by atoms with E-state index in [1.807, 2.05) is 0 Å². The molecule has 1 aromatic carbocycles. The lowest BCUT2D eigenvalue weighted by molar-refractivity contribution is 0.604. The first-order chi connectivity index (χ1) is 8.70. The zero-order valence-electron chi connectivity index (χ0n) is 10.9. The number of benzene rings is 1. The normalized spacial score (nSPS) is 12.9. The van der Waals surface area contributed by atoms with Crippen LogP contribution in [0.5, 0.6) is 0 Å². The molecule has 0 aliphatic carbocycles. The average molecular weight is 244 g/mol. The van der Waals surface area contributed by atoms with Gasteiger partial charge in [0, 0.05) is 12.4 Å². The standard InChI is InChI=1S/C14H20N4/c1-10(2)8-11-4-3-5-12(9-11)13(18-15)14-16-6-7-17-14/h3-7,9-10,13,18H,8,15H2,1-2H3,(H,16,17). The van der Waals surface area contributed by atoms with Crippen LogP contribution in [0.4, 0.5) is 0 Å². The van der Waals surface area contributed by atoms with Crippen molar-refractivity contribution in [1.29, 1.82) is 0 Å². The molecular formula is C14H20N4. The van der Waals surface area contributed by atoms with E-state index in [-0.39, 0.29) is 6.04 Å². The van der Waals surface area contributed by atoms with Gasteiger partial charge in [-0.05, 0) is 23.5 Å². The number of H-pyrrole nitrogens is 1. The van der Waals surface area contributed by atoms with Crippen molar-refractivity contribution in [2.24, 2.45) is 11.8 Å². The van der Waals surface area contributed by atoms with Gasteiger partial charge < -0.3 is 4.98 Å². The molecule has 0 spiro atoms. The molecule has 18 heavy (non-hydrogen) atoms. The summed E-state index contributed by atoms with van der Waals surface area (Å²) < 4.78 is 0. The Balaban J connectivity index is 2.26. The molecule has 0 amide bonds. The fourth-order valence-electron chi connectivity index (χ4n) is 2.14. The smallest absolute Gasteiger partial charge is 0.129 e. The van der Waals surface area contributed by atoms with Crippen LogP contribution in [0.25, 0.3) is 0 Å². The molecule has 0 radical (unpaired) electrons. The zero-order chi connectivity index (χ0) is 13.0. The molecule has 2 aromatic rings. The predicted octanol–water partition coefficient (Wildman–Crippen LogP) is 2.16. The van der Waals surface area contributed by atoms with Crippen LogP contribution in [0.1, 0.15) is 36.8 Å². The van der Waals surface area contributed by atoms with Crippen molar-refractivity contribution in [2.45, 2.75) is 26.3 Å². The summed E-state index contributed by atoms with van der Waals surface area (Å²) in [6.45, 7) is 4.44. The molecule has 4 N–H and O–H groups in total. The van der Waals surface area contributed by atoms with E-state index in [1.54, 1.807) is 12.4 Å². The van der Waals surface area contributed by atoms with Gasteiger partial charge in [0.15, 0.2) is 0 Å². The Kier molecular flexibility index (Phi) is 4.12. The lowest BCUT2D eigenvalue weighted by atomic mass is 9.98. The van der Waals surface area contributed by atoms with Crippen molar-refractivity contribution in [3.05, 3.63) is 53.6 Å². The highest BCUT2D eigenvalue weighted by Gasteiger charge is 2.14. The Bertz CT molecular complexity index is 476. The largest absolute Gasteiger partial charge is 0.347 e. The first kappa shape index (κ1) is 12.8. The summed E-state index contributed by atoms with van der Waals surface area (Å²) in [6, 6.07) is 8.39. The second kappa shape index (κ2) is 5.80. The van der Waals surface area contributed by atoms with Crippen molar-refractivity contribution >= 4 is 0 Å². The van der Waals surface area contributed by atoms with Gasteiger partial charge in [-0.25, -0.2) is 10.4 Å². The van der Waals surface area contributed by atoms with Crippen LogP contribution in [0.3, 0.4) is 0 Å². The minimum Gasteiger partial charge on any atom is -0.347 e. The number of nitrogens with zero attached hydrogens (tertiary/aromatic N) is 1. The van der Waals surface area contributed by atoms with Gasteiger partial charge in [0.25, 0.3) is 0 Å². The molecule has 0 saturated heterocycles. The number of imidazole rings is 1. The molecule has 1 heterocycles. The molecule has 1 aromatic heterocycles. The van der Waals surface area contributed by atoms with Gasteiger partial charge in [-0.15, -0.1) is 0 Å². The van der Waals surface area contributed by atoms with Gasteiger partial charge >= 0.3 is 0 Å². The first-order valence-electron chi connectivity index (χ1n) is 6.25. The van der Waals surface area contributed by atoms with Gasteiger partial charge in [-0.2, -0.15) is 0 Å². The number of nitrogens with two attached hydrogens (primary N) is 1. The highest BCUT2D eigenvalue weighted by Crippen LogP contribution is 2.20. The van der Waals surface area contributed by atoms with E-state index in [0.29, 0.717) is 5.92 Å². The van der Waals surface area contributed by atoms with Gasteiger partial charge in [0.05, 0.1) is 0 Å². The van der Waals surface area contributed by atoms with Crippen molar-refractivity contribution in [3.63, 3.8) is 0 Å². The number of hydrogen-bond acceptors (Lipinski definition) is 3. The van der Waals surface area contributed by atoms with Gasteiger partial charge in [-0.1, -0.05) is 38.1 Å². The van der Waals surface area contributed by atoms with Crippen molar-refractivity contribution < 1.29 is 0 Å². The summed E-state index contributed by atoms with van der Waals surface area (Å²) in [5, 5.41) is 0. The van der Waals surface area contributed by atoms with Crippen molar-refractivity contribution in [3.8, 4) is 0 Å². The summed E-state index contributed by atoms with van der Waals surface area (Å²) in [6.07, 6.45) is 4.61. The second-order valence-corrected chi connectivity index (χ2v) is 4.92. The van der Waals surface area contributed by atoms with E-state index in [0.717, 1.165) is 17.8 Å². The van der Waals surface area contributed by atoms with Crippen molar-refractivity contribution in [2.75, 3.05) is 0 Å². The van der Waals surface area contributed by atoms with Gasteiger partial charge in [0.1, 0.15) is 11.9 Å². The molecule has 96 valence electrons. The summed E-state index contributed by atoms with van der Waals surface area (Å²) in [5.74, 6) is 7.12. The fraction of sp³-hybridized carbons (Fsp3) is 0.357. The molecule has 0 fully saturated rings. The van der Waals surface area contributed by atoms with Crippen LogP contribution in [0, 0.1) is 5.92 Å². The Morgan fingerprint density at radius 1 is 1.39 bits per heavy atom. The molecule has 1 atom stereocenters. The summed E-state index contributed by atoms with van der Waals surface area (Å²) >= 11 is 0. The molecule has 0 bridgehead atoms. The number of hydrazine groups is 1. The number of aromatic amines is 1. The third-order valence-electron chi connectivity index (χ3n) is 2.89. The first-order valence-corrected chi connectivity index (χ1v) is 6.25. The lowest BCUT2D eigenvalue weighted by Gasteiger charge is -2.15. The number of nitrogens with one attached hydrogen (secondary N) is 2. The van der Waals surface area contributed by atoms with E-state index in [9.17, 15) is 0 Å². The van der Waals surface area contributed by atoms with Crippen LogP contribution in [-0.4, -0.2) is 9.97 Å². The lowest BCUT2D eigenvalue weighted by Crippen LogP contribution is -2.29. The van der Waals surface area contributed by atoms with Crippen LogP contribution in [-0.2, 0) is 6.42 Å². The maximum absolute atomic E-state index is 5.64. The van der Waals surface area contributed by atoms with Gasteiger partial charge in [-0.3, -0.25) is 5.84 Å². The minimum absolute atomic E-state index is 0.0906. The van der Waals surface area contributed by atoms with Crippen LogP contribution >= 0.6 is 0 Å². The Hall–Kier alpha value is -1.65. The van der Waals surface area contributed by atoms with Crippen LogP contribution < -0.4 is 11.3 Å². The maximum atomic E-state index is 5.64. The Morgan fingerprint density at radius 2 is 2.22 bits per heavy atom. The van der Waals surface area contributed by atoms with E-state index < -0.39 is 0 Å². The summed E-state index contributed by atoms with van der Waals surface area (Å²) in [4.78, 5) is 7.35. The number of rotatable bonds is 5. The van der Waals surface area contributed by atoms with Gasteiger partial charge in [0.2, 0.25) is 0 Å². The monoisotopic (exact) mass is 244 g/mol. The van der Waals surface area contributed by atoms with E-state index in [4.69, 9.17) is 5.84 Å². The molecule has 4 nitrogen and oxygen atoms in total. The topological polar surface area (TPSA) is 66.7 Å². The average Bonchev–Trinajstić information content (AvgIpc) is 2.83. The fourth-order valence-corrected chi connectivity index (χ4v) is 2.14. The maximum Gasteiger partial charge on any atom is 0.129 e. The Morgan fingerprint density at radius 3 is 2.83 bits per heavy atom. The molecular weight excluding hydrogens is 224 g/mol. The molecule has 0 aliphatic rings. The number of hydrogen-bond donors (Lipinski definition) is 3. The third-order valence-corrected chi connectivity index (χ3v) is 2.89. The molecule has 0 saturated carbocycles. The highest BCUT2D eigenvalue weighted by atomic mass is 15.2. The quantitative estimate of drug-likeness (QED) is 0.558. The Labute approximate surface area is 108 Å². The second-order valence-electron chi connectivity index (χ2n) is 4.92. The van der Waals surface area contributed by atoms with Crippen molar-refractivity contribution in [1.82, 2.24) is 15.4 Å². The SMILES string of the molecule is CC(C)Cc1cccc(C(NN)c2ncc[nH]2)c1.